The number of para-hydroxylation sites is 1. The minimum atomic E-state index is -0.996. The highest BCUT2D eigenvalue weighted by Crippen LogP contribution is 2.47. The smallest absolute Gasteiger partial charge is 0.245 e. The maximum atomic E-state index is 13.9. The Morgan fingerprint density at radius 1 is 1.03 bits per heavy atom. The molecular weight excluding hydrogens is 440 g/mol. The fraction of sp³-hybridized carbons (Fsp3) is 0.192. The van der Waals surface area contributed by atoms with E-state index in [2.05, 4.69) is 0 Å². The lowest BCUT2D eigenvalue weighted by Crippen LogP contribution is -2.44. The number of anilines is 1. The third-order valence-corrected chi connectivity index (χ3v) is 6.76. The highest BCUT2D eigenvalue weighted by Gasteiger charge is 2.58. The molecule has 5 rings (SSSR count). The summed E-state index contributed by atoms with van der Waals surface area (Å²) < 4.78 is 5.27. The van der Waals surface area contributed by atoms with E-state index in [0.717, 1.165) is 16.8 Å². The summed E-state index contributed by atoms with van der Waals surface area (Å²) in [6.45, 7) is 0. The van der Waals surface area contributed by atoms with Crippen molar-refractivity contribution in [1.82, 2.24) is 0 Å². The molecule has 166 valence electrons. The van der Waals surface area contributed by atoms with Crippen molar-refractivity contribution in [2.75, 3.05) is 12.0 Å². The summed E-state index contributed by atoms with van der Waals surface area (Å²) in [7, 11) is 1.57. The van der Waals surface area contributed by atoms with Gasteiger partial charge in [-0.3, -0.25) is 14.9 Å². The molecule has 2 aliphatic rings. The van der Waals surface area contributed by atoms with Crippen molar-refractivity contribution >= 4 is 29.1 Å². The van der Waals surface area contributed by atoms with Gasteiger partial charge in [-0.2, -0.15) is 0 Å². The van der Waals surface area contributed by atoms with Crippen molar-refractivity contribution in [3.63, 3.8) is 0 Å². The van der Waals surface area contributed by atoms with Gasteiger partial charge in [-0.1, -0.05) is 54.1 Å². The first kappa shape index (κ1) is 21.2. The van der Waals surface area contributed by atoms with Gasteiger partial charge in [0.2, 0.25) is 6.04 Å². The number of ketones is 1. The number of nitro groups is 1. The SMILES string of the molecule is COc1ccc([C@@H]2[C@@H]([N+](=O)[O-])[C@@H]3C=Cc4ccccc4N3[C@@H]2C(=O)c2ccc(Cl)cc2)cc1. The van der Waals surface area contributed by atoms with E-state index in [4.69, 9.17) is 16.3 Å². The molecule has 3 aromatic rings. The van der Waals surface area contributed by atoms with Gasteiger partial charge in [0.1, 0.15) is 17.8 Å². The Labute approximate surface area is 196 Å². The van der Waals surface area contributed by atoms with E-state index in [9.17, 15) is 14.9 Å². The van der Waals surface area contributed by atoms with Gasteiger partial charge < -0.3 is 9.64 Å². The molecule has 0 amide bonds. The molecule has 2 heterocycles. The Morgan fingerprint density at radius 2 is 1.73 bits per heavy atom. The molecule has 1 saturated heterocycles. The van der Waals surface area contributed by atoms with Crippen LogP contribution >= 0.6 is 11.6 Å². The number of methoxy groups -OCH3 is 1. The Balaban J connectivity index is 1.70. The molecule has 33 heavy (non-hydrogen) atoms. The van der Waals surface area contributed by atoms with Crippen molar-refractivity contribution in [2.45, 2.75) is 24.0 Å². The van der Waals surface area contributed by atoms with Gasteiger partial charge in [-0.25, -0.2) is 0 Å². The van der Waals surface area contributed by atoms with Gasteiger partial charge in [0.05, 0.1) is 13.0 Å². The number of benzene rings is 3. The van der Waals surface area contributed by atoms with Crippen LogP contribution in [-0.4, -0.2) is 35.9 Å². The number of ether oxygens (including phenoxy) is 1. The maximum Gasteiger partial charge on any atom is 0.245 e. The number of carbonyl (C=O) groups is 1. The zero-order chi connectivity index (χ0) is 23.1. The predicted molar refractivity (Wildman–Crippen MR) is 128 cm³/mol. The molecule has 0 aliphatic carbocycles. The van der Waals surface area contributed by atoms with Gasteiger partial charge in [0.25, 0.3) is 0 Å². The number of Topliss-reactive ketones (excluding diaryl/α,β-unsaturated/α-hetero) is 1. The monoisotopic (exact) mass is 460 g/mol. The van der Waals surface area contributed by atoms with Crippen LogP contribution in [0.4, 0.5) is 5.69 Å². The summed E-state index contributed by atoms with van der Waals surface area (Å²) in [6, 6.07) is 19.2. The van der Waals surface area contributed by atoms with Crippen molar-refractivity contribution in [2.24, 2.45) is 0 Å². The predicted octanol–water partition coefficient (Wildman–Crippen LogP) is 5.24. The first-order chi connectivity index (χ1) is 16.0. The van der Waals surface area contributed by atoms with E-state index >= 15 is 0 Å². The number of halogens is 1. The topological polar surface area (TPSA) is 72.7 Å². The van der Waals surface area contributed by atoms with Crippen LogP contribution in [0.1, 0.15) is 27.4 Å². The van der Waals surface area contributed by atoms with E-state index in [1.807, 2.05) is 53.5 Å². The second-order valence-electron chi connectivity index (χ2n) is 8.21. The summed E-state index contributed by atoms with van der Waals surface area (Å²) in [4.78, 5) is 28.0. The van der Waals surface area contributed by atoms with E-state index in [1.165, 1.54) is 0 Å². The van der Waals surface area contributed by atoms with Crippen molar-refractivity contribution in [1.29, 1.82) is 0 Å². The molecule has 0 saturated carbocycles. The maximum absolute atomic E-state index is 13.9. The minimum absolute atomic E-state index is 0.174. The lowest BCUT2D eigenvalue weighted by atomic mass is 9.83. The minimum Gasteiger partial charge on any atom is -0.497 e. The molecule has 3 aromatic carbocycles. The summed E-state index contributed by atoms with van der Waals surface area (Å²) in [5.74, 6) is -0.181. The van der Waals surface area contributed by atoms with Crippen molar-refractivity contribution in [3.05, 3.63) is 111 Å². The fourth-order valence-corrected chi connectivity index (χ4v) is 5.17. The van der Waals surface area contributed by atoms with E-state index in [0.29, 0.717) is 16.3 Å². The molecule has 0 spiro atoms. The number of rotatable bonds is 5. The average Bonchev–Trinajstić information content (AvgIpc) is 3.20. The molecule has 0 aromatic heterocycles. The molecule has 2 aliphatic heterocycles. The number of hydrogen-bond donors (Lipinski definition) is 0. The second kappa shape index (κ2) is 8.37. The first-order valence-corrected chi connectivity index (χ1v) is 11.0. The average molecular weight is 461 g/mol. The van der Waals surface area contributed by atoms with E-state index in [1.54, 1.807) is 43.5 Å². The number of nitrogens with zero attached hydrogens (tertiary/aromatic N) is 2. The van der Waals surface area contributed by atoms with Crippen molar-refractivity contribution in [3.8, 4) is 5.75 Å². The summed E-state index contributed by atoms with van der Waals surface area (Å²) in [6.07, 6.45) is 3.76. The molecule has 7 heteroatoms. The first-order valence-electron chi connectivity index (χ1n) is 10.6. The van der Waals surface area contributed by atoms with Crippen LogP contribution in [0.5, 0.6) is 5.75 Å². The van der Waals surface area contributed by atoms with E-state index < -0.39 is 24.0 Å². The summed E-state index contributed by atoms with van der Waals surface area (Å²) >= 11 is 6.04. The van der Waals surface area contributed by atoms with Gasteiger partial charge in [0, 0.05) is 21.2 Å². The molecule has 0 unspecified atom stereocenters. The molecule has 0 N–H and O–H groups in total. The summed E-state index contributed by atoms with van der Waals surface area (Å²) in [5.41, 5.74) is 2.95. The second-order valence-corrected chi connectivity index (χ2v) is 8.64. The van der Waals surface area contributed by atoms with Crippen LogP contribution in [0.2, 0.25) is 5.02 Å². The standard InChI is InChI=1S/C26H21ClN2O4/c1-33-20-13-8-17(9-14-20)23-24(29(31)32)22-15-10-16-4-2-3-5-21(16)28(22)25(23)26(30)18-6-11-19(27)12-7-18/h2-15,22-25H,1H3/t22-,23+,24-,25-/m0/s1. The molecule has 1 fully saturated rings. The largest absolute Gasteiger partial charge is 0.497 e. The number of carbonyl (C=O) groups excluding carboxylic acids is 1. The zero-order valence-electron chi connectivity index (χ0n) is 17.8. The molecule has 6 nitrogen and oxygen atoms in total. The van der Waals surface area contributed by atoms with Crippen LogP contribution in [0.25, 0.3) is 6.08 Å². The lowest BCUT2D eigenvalue weighted by Gasteiger charge is -2.34. The van der Waals surface area contributed by atoms with Gasteiger partial charge >= 0.3 is 0 Å². The third kappa shape index (κ3) is 3.56. The van der Waals surface area contributed by atoms with Crippen LogP contribution in [-0.2, 0) is 0 Å². The summed E-state index contributed by atoms with van der Waals surface area (Å²) in [5, 5.41) is 12.9. The van der Waals surface area contributed by atoms with Gasteiger partial charge in [0.15, 0.2) is 5.78 Å². The lowest BCUT2D eigenvalue weighted by molar-refractivity contribution is -0.524. The normalized spacial score (nSPS) is 23.0. The molecule has 0 bridgehead atoms. The Hall–Kier alpha value is -3.64. The number of hydrogen-bond acceptors (Lipinski definition) is 5. The molecule has 0 radical (unpaired) electrons. The molecule has 4 atom stereocenters. The quantitative estimate of drug-likeness (QED) is 0.295. The Kier molecular flexibility index (Phi) is 5.38. The Bertz CT molecular complexity index is 1240. The third-order valence-electron chi connectivity index (χ3n) is 6.51. The van der Waals surface area contributed by atoms with Crippen LogP contribution in [0, 0.1) is 10.1 Å². The highest BCUT2D eigenvalue weighted by molar-refractivity contribution is 6.30. The van der Waals surface area contributed by atoms with Crippen LogP contribution in [0.3, 0.4) is 0 Å². The highest BCUT2D eigenvalue weighted by atomic mass is 35.5. The molecular formula is C26H21ClN2O4. The zero-order valence-corrected chi connectivity index (χ0v) is 18.6. The fourth-order valence-electron chi connectivity index (χ4n) is 5.04. The Morgan fingerprint density at radius 3 is 2.39 bits per heavy atom. The van der Waals surface area contributed by atoms with Crippen molar-refractivity contribution < 1.29 is 14.5 Å². The van der Waals surface area contributed by atoms with Crippen LogP contribution < -0.4 is 9.64 Å². The number of fused-ring (bicyclic) bond motifs is 3. The van der Waals surface area contributed by atoms with Crippen LogP contribution in [0.15, 0.2) is 78.9 Å². The van der Waals surface area contributed by atoms with Gasteiger partial charge in [-0.15, -0.1) is 0 Å². The van der Waals surface area contributed by atoms with E-state index in [-0.39, 0.29) is 10.7 Å². The van der Waals surface area contributed by atoms with Gasteiger partial charge in [-0.05, 0) is 53.6 Å².